The second-order valence-electron chi connectivity index (χ2n) is 7.98. The number of carbonyl (C=O) groups excluding carboxylic acids is 2. The standard InChI is InChI=1S/C27H29BrN2O6S/c1-6-13-35-20-11-9-18(15-21(20)33-7-2)24-23(26(32)34-8-3)17(5)29-27(37)30(24)25(31)16(4)14-19-10-12-22(28)36-19/h6,9-12,14-15,24H,1,7-8,13H2,2-5H3,(H,29,37)/b16-14+. The highest BCUT2D eigenvalue weighted by molar-refractivity contribution is 9.10. The van der Waals surface area contributed by atoms with Crippen molar-refractivity contribution in [2.75, 3.05) is 19.8 Å². The third-order valence-electron chi connectivity index (χ3n) is 5.39. The number of carbonyl (C=O) groups is 2. The molecule has 0 spiro atoms. The Kier molecular flexibility index (Phi) is 9.71. The largest absolute Gasteiger partial charge is 0.490 e. The molecule has 0 fully saturated rings. The number of hydrogen-bond acceptors (Lipinski definition) is 7. The molecule has 196 valence electrons. The van der Waals surface area contributed by atoms with Crippen LogP contribution in [0.2, 0.25) is 0 Å². The van der Waals surface area contributed by atoms with Gasteiger partial charge in [0.05, 0.1) is 24.8 Å². The van der Waals surface area contributed by atoms with E-state index in [9.17, 15) is 9.59 Å². The number of benzene rings is 1. The summed E-state index contributed by atoms with van der Waals surface area (Å²) in [5.74, 6) is 0.503. The first kappa shape index (κ1) is 28.2. The molecular formula is C27H29BrN2O6S. The highest BCUT2D eigenvalue weighted by Gasteiger charge is 2.40. The van der Waals surface area contributed by atoms with Gasteiger partial charge in [-0.15, -0.1) is 0 Å². The van der Waals surface area contributed by atoms with E-state index in [4.69, 9.17) is 30.8 Å². The van der Waals surface area contributed by atoms with Crippen molar-refractivity contribution >= 4 is 51.2 Å². The summed E-state index contributed by atoms with van der Waals surface area (Å²) in [5.41, 5.74) is 1.72. The Balaban J connectivity index is 2.16. The minimum absolute atomic E-state index is 0.152. The van der Waals surface area contributed by atoms with E-state index in [1.54, 1.807) is 63.3 Å². The molecule has 1 aromatic carbocycles. The van der Waals surface area contributed by atoms with Gasteiger partial charge in [0.1, 0.15) is 12.4 Å². The van der Waals surface area contributed by atoms with Crippen molar-refractivity contribution in [2.24, 2.45) is 0 Å². The summed E-state index contributed by atoms with van der Waals surface area (Å²) in [6.45, 7) is 11.5. The number of nitrogens with one attached hydrogen (secondary N) is 1. The Morgan fingerprint density at radius 3 is 2.57 bits per heavy atom. The van der Waals surface area contributed by atoms with Crippen molar-refractivity contribution < 1.29 is 28.2 Å². The fourth-order valence-electron chi connectivity index (χ4n) is 3.84. The van der Waals surface area contributed by atoms with Crippen LogP contribution in [0.4, 0.5) is 0 Å². The van der Waals surface area contributed by atoms with Gasteiger partial charge in [0, 0.05) is 11.3 Å². The van der Waals surface area contributed by atoms with Gasteiger partial charge in [-0.25, -0.2) is 4.79 Å². The Hall–Kier alpha value is -3.37. The SMILES string of the molecule is C=CCOc1ccc(C2C(C(=O)OCC)=C(C)NC(=S)N2C(=O)/C(C)=C/c2ccc(Br)o2)cc1OCC. The first-order valence-electron chi connectivity index (χ1n) is 11.7. The second-order valence-corrected chi connectivity index (χ2v) is 9.14. The predicted molar refractivity (Wildman–Crippen MR) is 148 cm³/mol. The third kappa shape index (κ3) is 6.50. The Morgan fingerprint density at radius 1 is 1.19 bits per heavy atom. The summed E-state index contributed by atoms with van der Waals surface area (Å²) in [6, 6.07) is 7.84. The van der Waals surface area contributed by atoms with Gasteiger partial charge in [-0.1, -0.05) is 18.7 Å². The van der Waals surface area contributed by atoms with Crippen LogP contribution in [0.15, 0.2) is 68.9 Å². The van der Waals surface area contributed by atoms with Crippen LogP contribution in [0.5, 0.6) is 11.5 Å². The van der Waals surface area contributed by atoms with Crippen molar-refractivity contribution in [3.8, 4) is 11.5 Å². The molecule has 0 saturated heterocycles. The normalized spacial score (nSPS) is 15.8. The van der Waals surface area contributed by atoms with Gasteiger partial charge in [-0.3, -0.25) is 9.69 Å². The summed E-state index contributed by atoms with van der Waals surface area (Å²) in [5, 5.41) is 3.14. The van der Waals surface area contributed by atoms with Crippen LogP contribution in [0.1, 0.15) is 45.1 Å². The topological polar surface area (TPSA) is 90.2 Å². The molecule has 1 N–H and O–H groups in total. The minimum atomic E-state index is -0.875. The fourth-order valence-corrected chi connectivity index (χ4v) is 4.50. The fraction of sp³-hybridized carbons (Fsp3) is 0.296. The molecular weight excluding hydrogens is 560 g/mol. The molecule has 2 aromatic rings. The second kappa shape index (κ2) is 12.7. The molecule has 0 aliphatic carbocycles. The number of ether oxygens (including phenoxy) is 3. The molecule has 37 heavy (non-hydrogen) atoms. The van der Waals surface area contributed by atoms with E-state index in [0.29, 0.717) is 52.0 Å². The molecule has 0 radical (unpaired) electrons. The van der Waals surface area contributed by atoms with Gasteiger partial charge in [-0.2, -0.15) is 0 Å². The van der Waals surface area contributed by atoms with Crippen LogP contribution in [-0.4, -0.2) is 41.7 Å². The molecule has 1 aliphatic rings. The molecule has 1 amide bonds. The number of rotatable bonds is 10. The summed E-state index contributed by atoms with van der Waals surface area (Å²) >= 11 is 8.86. The number of furan rings is 1. The zero-order chi connectivity index (χ0) is 27.1. The maximum atomic E-state index is 13.8. The van der Waals surface area contributed by atoms with Crippen molar-refractivity contribution in [3.05, 3.63) is 75.8 Å². The molecule has 1 aliphatic heterocycles. The van der Waals surface area contributed by atoms with Gasteiger partial charge in [0.2, 0.25) is 0 Å². The van der Waals surface area contributed by atoms with Crippen molar-refractivity contribution in [1.82, 2.24) is 10.2 Å². The Labute approximate surface area is 230 Å². The number of amides is 1. The number of nitrogens with zero attached hydrogens (tertiary/aromatic N) is 1. The zero-order valence-corrected chi connectivity index (χ0v) is 23.5. The number of allylic oxidation sites excluding steroid dienone is 1. The van der Waals surface area contributed by atoms with E-state index < -0.39 is 17.9 Å². The number of esters is 1. The molecule has 3 rings (SSSR count). The Morgan fingerprint density at radius 2 is 1.95 bits per heavy atom. The minimum Gasteiger partial charge on any atom is -0.490 e. The highest BCUT2D eigenvalue weighted by Crippen LogP contribution is 2.39. The molecule has 1 unspecified atom stereocenters. The van der Waals surface area contributed by atoms with Crippen LogP contribution >= 0.6 is 28.1 Å². The quantitative estimate of drug-likeness (QED) is 0.163. The third-order valence-corrected chi connectivity index (χ3v) is 6.12. The van der Waals surface area contributed by atoms with Crippen LogP contribution in [0, 0.1) is 0 Å². The van der Waals surface area contributed by atoms with E-state index in [1.165, 1.54) is 4.90 Å². The number of hydrogen-bond donors (Lipinski definition) is 1. The zero-order valence-electron chi connectivity index (χ0n) is 21.1. The van der Waals surface area contributed by atoms with Gasteiger partial charge >= 0.3 is 5.97 Å². The number of halogens is 1. The lowest BCUT2D eigenvalue weighted by Gasteiger charge is -2.38. The lowest BCUT2D eigenvalue weighted by Crippen LogP contribution is -2.51. The molecule has 0 saturated carbocycles. The first-order chi connectivity index (χ1) is 17.7. The van der Waals surface area contributed by atoms with E-state index in [0.717, 1.165) is 0 Å². The predicted octanol–water partition coefficient (Wildman–Crippen LogP) is 5.70. The summed E-state index contributed by atoms with van der Waals surface area (Å²) < 4.78 is 23.0. The van der Waals surface area contributed by atoms with E-state index in [2.05, 4.69) is 27.8 Å². The molecule has 8 nitrogen and oxygen atoms in total. The first-order valence-corrected chi connectivity index (χ1v) is 12.9. The molecule has 2 heterocycles. The molecule has 0 bridgehead atoms. The summed E-state index contributed by atoms with van der Waals surface area (Å²) in [4.78, 5) is 28.3. The highest BCUT2D eigenvalue weighted by atomic mass is 79.9. The van der Waals surface area contributed by atoms with Crippen LogP contribution in [0.25, 0.3) is 6.08 Å². The molecule has 1 atom stereocenters. The average Bonchev–Trinajstić information content (AvgIpc) is 3.26. The van der Waals surface area contributed by atoms with Gasteiger partial charge in [0.25, 0.3) is 5.91 Å². The monoisotopic (exact) mass is 588 g/mol. The van der Waals surface area contributed by atoms with Crippen LogP contribution < -0.4 is 14.8 Å². The molecule has 10 heteroatoms. The van der Waals surface area contributed by atoms with Crippen LogP contribution in [-0.2, 0) is 14.3 Å². The number of thiocarbonyl (C=S) groups is 1. The van der Waals surface area contributed by atoms with Crippen molar-refractivity contribution in [2.45, 2.75) is 33.7 Å². The van der Waals surface area contributed by atoms with Crippen molar-refractivity contribution in [3.63, 3.8) is 0 Å². The summed E-state index contributed by atoms with van der Waals surface area (Å²) in [6.07, 6.45) is 3.24. The smallest absolute Gasteiger partial charge is 0.338 e. The van der Waals surface area contributed by atoms with Crippen LogP contribution in [0.3, 0.4) is 0 Å². The molecule has 1 aromatic heterocycles. The maximum Gasteiger partial charge on any atom is 0.338 e. The van der Waals surface area contributed by atoms with Gasteiger partial charge in [0.15, 0.2) is 21.3 Å². The average molecular weight is 590 g/mol. The van der Waals surface area contributed by atoms with E-state index in [1.807, 2.05) is 6.92 Å². The van der Waals surface area contributed by atoms with E-state index in [-0.39, 0.29) is 17.3 Å². The lowest BCUT2D eigenvalue weighted by atomic mass is 9.93. The Bertz CT molecular complexity index is 1270. The van der Waals surface area contributed by atoms with E-state index >= 15 is 0 Å². The maximum absolute atomic E-state index is 13.8. The lowest BCUT2D eigenvalue weighted by molar-refractivity contribution is -0.139. The van der Waals surface area contributed by atoms with Gasteiger partial charge in [-0.05, 0) is 91.7 Å². The summed E-state index contributed by atoms with van der Waals surface area (Å²) in [7, 11) is 0. The van der Waals surface area contributed by atoms with Crippen molar-refractivity contribution in [1.29, 1.82) is 0 Å². The van der Waals surface area contributed by atoms with Gasteiger partial charge < -0.3 is 23.9 Å².